The van der Waals surface area contributed by atoms with Gasteiger partial charge in [0.15, 0.2) is 0 Å². The Morgan fingerprint density at radius 3 is 1.04 bits per heavy atom. The van der Waals surface area contributed by atoms with E-state index >= 15 is 0 Å². The summed E-state index contributed by atoms with van der Waals surface area (Å²) < 4.78 is 12.0. The second kappa shape index (κ2) is 34.8. The largest absolute Gasteiger partial charge is 0.493 e. The standard InChI is InChI=1S/C43H77O3/c1-3-5-7-9-11-13-15-17-19-21-23-25-27-29-31-33-37-45-42-36-35-41(40-44)43(39-42)46-38-34-32-30-28-26-24-22-20-18-16-14-12-10-8-6-4-2/h35-36,39H,3-34,37-38H2,1-2H3. The van der Waals surface area contributed by atoms with Crippen LogP contribution in [0.3, 0.4) is 0 Å². The van der Waals surface area contributed by atoms with E-state index in [0.29, 0.717) is 17.9 Å². The Kier molecular flexibility index (Phi) is 32.2. The lowest BCUT2D eigenvalue weighted by Gasteiger charge is -2.11. The van der Waals surface area contributed by atoms with Crippen LogP contribution in [0, 0.1) is 0 Å². The van der Waals surface area contributed by atoms with Crippen molar-refractivity contribution in [2.45, 2.75) is 219 Å². The SMILES string of the molecule is CCCCCCCCCCCCCCCCCCOc1ccc([C]=O)c(OCCCCCCCCCCCCCCCCCC)c1. The highest BCUT2D eigenvalue weighted by molar-refractivity contribution is 5.80. The van der Waals surface area contributed by atoms with Crippen molar-refractivity contribution in [3.05, 3.63) is 23.8 Å². The van der Waals surface area contributed by atoms with Crippen molar-refractivity contribution in [3.63, 3.8) is 0 Å². The average molecular weight is 642 g/mol. The molecule has 1 aromatic rings. The first-order valence-corrected chi connectivity index (χ1v) is 20.6. The second-order valence-electron chi connectivity index (χ2n) is 14.1. The first-order valence-electron chi connectivity index (χ1n) is 20.6. The number of unbranched alkanes of at least 4 members (excludes halogenated alkanes) is 30. The lowest BCUT2D eigenvalue weighted by atomic mass is 10.0. The van der Waals surface area contributed by atoms with Crippen LogP contribution < -0.4 is 9.47 Å². The van der Waals surface area contributed by atoms with E-state index < -0.39 is 0 Å². The predicted octanol–water partition coefficient (Wildman–Crippen LogP) is 14.4. The van der Waals surface area contributed by atoms with Gasteiger partial charge in [-0.2, -0.15) is 0 Å². The molecule has 1 rings (SSSR count). The summed E-state index contributed by atoms with van der Waals surface area (Å²) in [6.45, 7) is 5.95. The molecule has 0 spiro atoms. The molecule has 0 bridgehead atoms. The molecule has 0 heterocycles. The van der Waals surface area contributed by atoms with Gasteiger partial charge in [-0.3, -0.25) is 4.79 Å². The summed E-state index contributed by atoms with van der Waals surface area (Å²) in [5.74, 6) is 1.40. The summed E-state index contributed by atoms with van der Waals surface area (Å²) in [5.41, 5.74) is 0.492. The molecule has 1 aromatic carbocycles. The second-order valence-corrected chi connectivity index (χ2v) is 14.1. The molecule has 0 unspecified atom stereocenters. The van der Waals surface area contributed by atoms with E-state index in [2.05, 4.69) is 13.8 Å². The molecule has 0 aliphatic heterocycles. The first kappa shape index (κ1) is 42.5. The van der Waals surface area contributed by atoms with Gasteiger partial charge >= 0.3 is 0 Å². The van der Waals surface area contributed by atoms with Crippen LogP contribution in [-0.2, 0) is 4.79 Å². The van der Waals surface area contributed by atoms with Crippen LogP contribution in [0.25, 0.3) is 0 Å². The van der Waals surface area contributed by atoms with Crippen LogP contribution >= 0.6 is 0 Å². The number of carbonyl (C=O) groups excluding carboxylic acids is 1. The van der Waals surface area contributed by atoms with E-state index in [9.17, 15) is 4.79 Å². The van der Waals surface area contributed by atoms with E-state index in [-0.39, 0.29) is 0 Å². The van der Waals surface area contributed by atoms with Gasteiger partial charge in [0.05, 0.1) is 18.8 Å². The van der Waals surface area contributed by atoms with Crippen LogP contribution in [0.2, 0.25) is 0 Å². The third kappa shape index (κ3) is 27.6. The highest BCUT2D eigenvalue weighted by Gasteiger charge is 2.07. The molecule has 0 N–H and O–H groups in total. The van der Waals surface area contributed by atoms with Gasteiger partial charge in [-0.25, -0.2) is 0 Å². The van der Waals surface area contributed by atoms with E-state index in [4.69, 9.17) is 9.47 Å². The van der Waals surface area contributed by atoms with Crippen molar-refractivity contribution >= 4 is 6.29 Å². The lowest BCUT2D eigenvalue weighted by Crippen LogP contribution is -2.02. The molecule has 0 aliphatic carbocycles. The summed E-state index contributed by atoms with van der Waals surface area (Å²) in [5, 5.41) is 0. The fraction of sp³-hybridized carbons (Fsp3) is 0.837. The van der Waals surface area contributed by atoms with Gasteiger partial charge in [-0.15, -0.1) is 0 Å². The number of ether oxygens (including phenoxy) is 2. The zero-order valence-corrected chi connectivity index (χ0v) is 31.0. The number of benzene rings is 1. The molecule has 0 aliphatic rings. The summed E-state index contributed by atoms with van der Waals surface area (Å²) in [6, 6.07) is 5.52. The Balaban J connectivity index is 1.95. The van der Waals surface area contributed by atoms with Crippen molar-refractivity contribution in [2.75, 3.05) is 13.2 Å². The Bertz CT molecular complexity index is 760. The lowest BCUT2D eigenvalue weighted by molar-refractivity contribution is 0.289. The van der Waals surface area contributed by atoms with Gasteiger partial charge < -0.3 is 9.47 Å². The fourth-order valence-corrected chi connectivity index (χ4v) is 6.47. The maximum Gasteiger partial charge on any atom is 0.237 e. The van der Waals surface area contributed by atoms with Gasteiger partial charge in [0, 0.05) is 6.07 Å². The number of rotatable bonds is 37. The van der Waals surface area contributed by atoms with Crippen molar-refractivity contribution < 1.29 is 14.3 Å². The van der Waals surface area contributed by atoms with Gasteiger partial charge in [-0.1, -0.05) is 206 Å². The third-order valence-corrected chi connectivity index (χ3v) is 9.59. The Hall–Kier alpha value is -1.51. The topological polar surface area (TPSA) is 35.5 Å². The van der Waals surface area contributed by atoms with Crippen LogP contribution in [-0.4, -0.2) is 19.5 Å². The van der Waals surface area contributed by atoms with Crippen molar-refractivity contribution in [1.82, 2.24) is 0 Å². The molecule has 0 saturated carbocycles. The molecular formula is C43H77O3. The Morgan fingerprint density at radius 1 is 0.413 bits per heavy atom. The zero-order valence-electron chi connectivity index (χ0n) is 31.0. The van der Waals surface area contributed by atoms with Crippen LogP contribution in [0.1, 0.15) is 225 Å². The van der Waals surface area contributed by atoms with E-state index in [1.807, 2.05) is 18.4 Å². The quantitative estimate of drug-likeness (QED) is 0.0678. The molecule has 0 amide bonds. The highest BCUT2D eigenvalue weighted by Crippen LogP contribution is 2.25. The predicted molar refractivity (Wildman–Crippen MR) is 201 cm³/mol. The van der Waals surface area contributed by atoms with Crippen molar-refractivity contribution in [3.8, 4) is 11.5 Å². The molecule has 46 heavy (non-hydrogen) atoms. The smallest absolute Gasteiger partial charge is 0.237 e. The first-order chi connectivity index (χ1) is 22.8. The molecule has 1 radical (unpaired) electrons. The molecule has 0 aromatic heterocycles. The van der Waals surface area contributed by atoms with Crippen LogP contribution in [0.5, 0.6) is 11.5 Å². The van der Waals surface area contributed by atoms with Crippen LogP contribution in [0.15, 0.2) is 18.2 Å². The number of hydrogen-bond donors (Lipinski definition) is 0. The van der Waals surface area contributed by atoms with Gasteiger partial charge in [0.25, 0.3) is 0 Å². The maximum atomic E-state index is 11.4. The van der Waals surface area contributed by atoms with Gasteiger partial charge in [-0.05, 0) is 25.0 Å². The summed E-state index contributed by atoms with van der Waals surface area (Å²) in [4.78, 5) is 11.4. The third-order valence-electron chi connectivity index (χ3n) is 9.59. The Labute approximate surface area is 287 Å². The zero-order chi connectivity index (χ0) is 33.0. The molecule has 267 valence electrons. The molecule has 0 fully saturated rings. The normalized spacial score (nSPS) is 11.3. The van der Waals surface area contributed by atoms with Gasteiger partial charge in [0.1, 0.15) is 11.5 Å². The molecule has 3 heteroatoms. The molecule has 0 saturated heterocycles. The summed E-state index contributed by atoms with van der Waals surface area (Å²) in [7, 11) is 0. The monoisotopic (exact) mass is 642 g/mol. The van der Waals surface area contributed by atoms with Crippen LogP contribution in [0.4, 0.5) is 0 Å². The van der Waals surface area contributed by atoms with Crippen molar-refractivity contribution in [2.24, 2.45) is 0 Å². The minimum absolute atomic E-state index is 0.492. The molecule has 0 atom stereocenters. The summed E-state index contributed by atoms with van der Waals surface area (Å²) >= 11 is 0. The minimum Gasteiger partial charge on any atom is -0.493 e. The van der Waals surface area contributed by atoms with Gasteiger partial charge in [0.2, 0.25) is 6.29 Å². The van der Waals surface area contributed by atoms with E-state index in [1.54, 1.807) is 6.07 Å². The van der Waals surface area contributed by atoms with E-state index in [0.717, 1.165) is 25.2 Å². The minimum atomic E-state index is 0.492. The molecular weight excluding hydrogens is 564 g/mol. The summed E-state index contributed by atoms with van der Waals surface area (Å²) in [6.07, 6.45) is 45.8. The highest BCUT2D eigenvalue weighted by atomic mass is 16.5. The molecule has 3 nitrogen and oxygen atoms in total. The van der Waals surface area contributed by atoms with Crippen molar-refractivity contribution in [1.29, 1.82) is 0 Å². The van der Waals surface area contributed by atoms with E-state index in [1.165, 1.54) is 193 Å². The number of hydrogen-bond acceptors (Lipinski definition) is 3. The Morgan fingerprint density at radius 2 is 0.717 bits per heavy atom. The average Bonchev–Trinajstić information content (AvgIpc) is 3.07. The maximum absolute atomic E-state index is 11.4. The fourth-order valence-electron chi connectivity index (χ4n) is 6.47.